The molecule has 1 aliphatic heterocycles. The zero-order chi connectivity index (χ0) is 23.3. The number of nitrogens with one attached hydrogen (secondary N) is 1. The average molecular weight is 471 g/mol. The Balaban J connectivity index is 1.54. The molecule has 1 amide bonds. The monoisotopic (exact) mass is 470 g/mol. The zero-order valence-electron chi connectivity index (χ0n) is 19.0. The van der Waals surface area contributed by atoms with E-state index in [0.29, 0.717) is 5.56 Å². The molecule has 1 fully saturated rings. The third-order valence-electron chi connectivity index (χ3n) is 5.82. The molecule has 1 saturated heterocycles. The SMILES string of the molecule is CNC(=O)c1ccccc1Sc1ccc2c(C=Cc3ccccn3)nn(C3CCCCO3)c2c1. The maximum absolute atomic E-state index is 12.3. The Bertz CT molecular complexity index is 1330. The lowest BCUT2D eigenvalue weighted by atomic mass is 10.1. The Kier molecular flexibility index (Phi) is 6.74. The molecule has 0 saturated carbocycles. The van der Waals surface area contributed by atoms with Crippen LogP contribution in [0.2, 0.25) is 0 Å². The zero-order valence-corrected chi connectivity index (χ0v) is 19.8. The molecule has 3 heterocycles. The normalized spacial score (nSPS) is 16.2. The van der Waals surface area contributed by atoms with Gasteiger partial charge in [-0.2, -0.15) is 5.10 Å². The average Bonchev–Trinajstić information content (AvgIpc) is 3.26. The summed E-state index contributed by atoms with van der Waals surface area (Å²) in [6.45, 7) is 0.749. The third-order valence-corrected chi connectivity index (χ3v) is 6.89. The van der Waals surface area contributed by atoms with E-state index < -0.39 is 0 Å². The fraction of sp³-hybridized carbons (Fsp3) is 0.222. The smallest absolute Gasteiger partial charge is 0.252 e. The van der Waals surface area contributed by atoms with Crippen LogP contribution < -0.4 is 5.32 Å². The minimum Gasteiger partial charge on any atom is -0.356 e. The van der Waals surface area contributed by atoms with Crippen molar-refractivity contribution in [1.29, 1.82) is 0 Å². The van der Waals surface area contributed by atoms with Gasteiger partial charge in [0.1, 0.15) is 0 Å². The van der Waals surface area contributed by atoms with Crippen LogP contribution >= 0.6 is 11.8 Å². The van der Waals surface area contributed by atoms with Crippen LogP contribution in [0.5, 0.6) is 0 Å². The molecule has 6 nitrogen and oxygen atoms in total. The summed E-state index contributed by atoms with van der Waals surface area (Å²) in [6, 6.07) is 19.8. The molecule has 34 heavy (non-hydrogen) atoms. The van der Waals surface area contributed by atoms with Gasteiger partial charge in [0.25, 0.3) is 5.91 Å². The Labute approximate surface area is 203 Å². The van der Waals surface area contributed by atoms with Crippen molar-refractivity contribution in [2.24, 2.45) is 0 Å². The quantitative estimate of drug-likeness (QED) is 0.385. The van der Waals surface area contributed by atoms with E-state index in [1.54, 1.807) is 25.0 Å². The number of pyridine rings is 1. The second-order valence-electron chi connectivity index (χ2n) is 8.10. The summed E-state index contributed by atoms with van der Waals surface area (Å²) in [5.41, 5.74) is 3.46. The van der Waals surface area contributed by atoms with Gasteiger partial charge in [-0.1, -0.05) is 30.0 Å². The highest BCUT2D eigenvalue weighted by atomic mass is 32.2. The van der Waals surface area contributed by atoms with Crippen molar-refractivity contribution in [2.45, 2.75) is 35.3 Å². The van der Waals surface area contributed by atoms with E-state index in [9.17, 15) is 4.79 Å². The third kappa shape index (κ3) is 4.76. The van der Waals surface area contributed by atoms with Gasteiger partial charge in [0, 0.05) is 35.0 Å². The van der Waals surface area contributed by atoms with Crippen molar-refractivity contribution in [1.82, 2.24) is 20.1 Å². The number of aromatic nitrogens is 3. The predicted octanol–water partition coefficient (Wildman–Crippen LogP) is 5.81. The van der Waals surface area contributed by atoms with Crippen molar-refractivity contribution >= 4 is 40.7 Å². The number of fused-ring (bicyclic) bond motifs is 1. The van der Waals surface area contributed by atoms with E-state index in [1.165, 1.54) is 0 Å². The van der Waals surface area contributed by atoms with Gasteiger partial charge >= 0.3 is 0 Å². The second-order valence-corrected chi connectivity index (χ2v) is 9.21. The lowest BCUT2D eigenvalue weighted by molar-refractivity contribution is -0.0367. The first-order chi connectivity index (χ1) is 16.7. The minimum absolute atomic E-state index is 0.0772. The van der Waals surface area contributed by atoms with Crippen LogP contribution in [-0.4, -0.2) is 34.3 Å². The molecule has 1 N–H and O–H groups in total. The summed E-state index contributed by atoms with van der Waals surface area (Å²) in [5.74, 6) is -0.0910. The molecule has 1 aliphatic rings. The van der Waals surface area contributed by atoms with Crippen LogP contribution in [-0.2, 0) is 4.74 Å². The van der Waals surface area contributed by atoms with E-state index in [-0.39, 0.29) is 12.1 Å². The lowest BCUT2D eigenvalue weighted by Gasteiger charge is -2.23. The van der Waals surface area contributed by atoms with Gasteiger partial charge in [0.15, 0.2) is 6.23 Å². The van der Waals surface area contributed by atoms with Gasteiger partial charge in [0.05, 0.1) is 22.5 Å². The number of hydrogen-bond acceptors (Lipinski definition) is 5. The molecule has 1 unspecified atom stereocenters. The molecule has 172 valence electrons. The Morgan fingerprint density at radius 1 is 1.12 bits per heavy atom. The number of ether oxygens (including phenoxy) is 1. The van der Waals surface area contributed by atoms with Crippen LogP contribution in [0.4, 0.5) is 0 Å². The summed E-state index contributed by atoms with van der Waals surface area (Å²) in [4.78, 5) is 18.7. The highest BCUT2D eigenvalue weighted by Gasteiger charge is 2.21. The van der Waals surface area contributed by atoms with E-state index in [4.69, 9.17) is 9.84 Å². The highest BCUT2D eigenvalue weighted by molar-refractivity contribution is 7.99. The van der Waals surface area contributed by atoms with Crippen molar-refractivity contribution < 1.29 is 9.53 Å². The second kappa shape index (κ2) is 10.2. The molecule has 1 atom stereocenters. The number of nitrogens with zero attached hydrogens (tertiary/aromatic N) is 3. The molecular formula is C27H26N4O2S. The fourth-order valence-corrected chi connectivity index (χ4v) is 5.09. The van der Waals surface area contributed by atoms with Crippen LogP contribution in [0.3, 0.4) is 0 Å². The molecule has 2 aromatic heterocycles. The van der Waals surface area contributed by atoms with Gasteiger partial charge in [0.2, 0.25) is 0 Å². The van der Waals surface area contributed by atoms with Gasteiger partial charge in [-0.25, -0.2) is 4.68 Å². The van der Waals surface area contributed by atoms with Crippen molar-refractivity contribution in [3.05, 3.63) is 83.8 Å². The first-order valence-corrected chi connectivity index (χ1v) is 12.3. The first-order valence-electron chi connectivity index (χ1n) is 11.4. The number of benzene rings is 2. The Morgan fingerprint density at radius 2 is 2.00 bits per heavy atom. The molecule has 0 spiro atoms. The van der Waals surface area contributed by atoms with Gasteiger partial charge in [-0.05, 0) is 73.9 Å². The van der Waals surface area contributed by atoms with Crippen molar-refractivity contribution in [3.8, 4) is 0 Å². The maximum atomic E-state index is 12.3. The van der Waals surface area contributed by atoms with Gasteiger partial charge < -0.3 is 10.1 Å². The van der Waals surface area contributed by atoms with Gasteiger partial charge in [-0.15, -0.1) is 0 Å². The number of hydrogen-bond donors (Lipinski definition) is 1. The Morgan fingerprint density at radius 3 is 2.79 bits per heavy atom. The van der Waals surface area contributed by atoms with E-state index in [2.05, 4.69) is 28.5 Å². The Hall–Kier alpha value is -3.42. The maximum Gasteiger partial charge on any atom is 0.252 e. The van der Waals surface area contributed by atoms with Crippen LogP contribution in [0.15, 0.2) is 76.7 Å². The standard InChI is InChI=1S/C27H26N4O2S/c1-28-27(32)22-9-2-3-10-25(22)34-20-13-14-21-23(15-12-19-8-4-6-16-29-19)30-31(24(21)18-20)26-11-5-7-17-33-26/h2-4,6,8-10,12-16,18,26H,5,7,11,17H2,1H3,(H,28,32). The van der Waals surface area contributed by atoms with Crippen molar-refractivity contribution in [3.63, 3.8) is 0 Å². The largest absolute Gasteiger partial charge is 0.356 e. The summed E-state index contributed by atoms with van der Waals surface area (Å²) >= 11 is 1.58. The number of carbonyl (C=O) groups excluding carboxylic acids is 1. The van der Waals surface area contributed by atoms with Gasteiger partial charge in [-0.3, -0.25) is 9.78 Å². The van der Waals surface area contributed by atoms with E-state index >= 15 is 0 Å². The fourth-order valence-electron chi connectivity index (χ4n) is 4.11. The molecule has 0 bridgehead atoms. The number of amides is 1. The van der Waals surface area contributed by atoms with Crippen molar-refractivity contribution in [2.75, 3.05) is 13.7 Å². The first kappa shape index (κ1) is 22.4. The molecule has 7 heteroatoms. The summed E-state index contributed by atoms with van der Waals surface area (Å²) < 4.78 is 8.09. The summed E-state index contributed by atoms with van der Waals surface area (Å²) in [5, 5.41) is 8.72. The number of carbonyl (C=O) groups is 1. The van der Waals surface area contributed by atoms with Crippen LogP contribution in [0, 0.1) is 0 Å². The predicted molar refractivity (Wildman–Crippen MR) is 136 cm³/mol. The summed E-state index contributed by atoms with van der Waals surface area (Å²) in [6.07, 6.45) is 8.85. The molecule has 4 aromatic rings. The summed E-state index contributed by atoms with van der Waals surface area (Å²) in [7, 11) is 1.65. The lowest BCUT2D eigenvalue weighted by Crippen LogP contribution is -2.19. The molecule has 0 aliphatic carbocycles. The molecular weight excluding hydrogens is 444 g/mol. The van der Waals surface area contributed by atoms with Crippen LogP contribution in [0.1, 0.15) is 47.2 Å². The van der Waals surface area contributed by atoms with E-state index in [1.807, 2.05) is 59.3 Å². The number of rotatable bonds is 6. The topological polar surface area (TPSA) is 69.0 Å². The molecule has 2 aromatic carbocycles. The van der Waals surface area contributed by atoms with Crippen LogP contribution in [0.25, 0.3) is 23.1 Å². The molecule has 0 radical (unpaired) electrons. The highest BCUT2D eigenvalue weighted by Crippen LogP contribution is 2.35. The minimum atomic E-state index is -0.0910. The van der Waals surface area contributed by atoms with E-state index in [0.717, 1.165) is 58.0 Å². The molecule has 5 rings (SSSR count).